The third-order valence-corrected chi connectivity index (χ3v) is 2.52. The van der Waals surface area contributed by atoms with Crippen molar-refractivity contribution < 1.29 is 4.74 Å². The molecular weight excluding hydrogens is 214 g/mol. The molecule has 3 N–H and O–H groups in total. The maximum Gasteiger partial charge on any atom is 0.141 e. The van der Waals surface area contributed by atoms with E-state index in [1.165, 1.54) is 0 Å². The van der Waals surface area contributed by atoms with Crippen LogP contribution in [0.3, 0.4) is 0 Å². The summed E-state index contributed by atoms with van der Waals surface area (Å²) in [5, 5.41) is 3.28. The molecule has 0 aliphatic rings. The number of nitrogens with two attached hydrogens (primary N) is 1. The van der Waals surface area contributed by atoms with Crippen LogP contribution < -0.4 is 15.8 Å². The van der Waals surface area contributed by atoms with Gasteiger partial charge in [-0.2, -0.15) is 0 Å². The summed E-state index contributed by atoms with van der Waals surface area (Å²) in [4.78, 5) is 4.05. The van der Waals surface area contributed by atoms with Gasteiger partial charge in [0.1, 0.15) is 5.75 Å². The molecule has 4 heteroatoms. The number of nitrogens with zero attached hydrogens (tertiary/aromatic N) is 1. The zero-order valence-electron chi connectivity index (χ0n) is 9.68. The van der Waals surface area contributed by atoms with Gasteiger partial charge in [-0.25, -0.2) is 0 Å². The first kappa shape index (κ1) is 11.3. The molecule has 1 aromatic carbocycles. The van der Waals surface area contributed by atoms with E-state index in [-0.39, 0.29) is 0 Å². The Morgan fingerprint density at radius 1 is 1.29 bits per heavy atom. The van der Waals surface area contributed by atoms with Gasteiger partial charge in [0.2, 0.25) is 0 Å². The average molecular weight is 229 g/mol. The van der Waals surface area contributed by atoms with Gasteiger partial charge in [0.05, 0.1) is 12.8 Å². The van der Waals surface area contributed by atoms with Crippen molar-refractivity contribution in [1.82, 2.24) is 4.98 Å². The van der Waals surface area contributed by atoms with Gasteiger partial charge in [0.15, 0.2) is 0 Å². The van der Waals surface area contributed by atoms with E-state index in [0.717, 1.165) is 22.7 Å². The molecule has 2 aromatic rings. The molecule has 88 valence electrons. The van der Waals surface area contributed by atoms with E-state index >= 15 is 0 Å². The SMILES string of the molecule is COc1ccccc1NCc1cnccc1N. The normalized spacial score (nSPS) is 9.94. The van der Waals surface area contributed by atoms with Crippen LogP contribution in [0.1, 0.15) is 5.56 Å². The van der Waals surface area contributed by atoms with Gasteiger partial charge < -0.3 is 15.8 Å². The van der Waals surface area contributed by atoms with Crippen LogP contribution in [0.15, 0.2) is 42.7 Å². The second kappa shape index (κ2) is 5.21. The number of nitrogens with one attached hydrogen (secondary N) is 1. The molecule has 0 fully saturated rings. The first-order valence-corrected chi connectivity index (χ1v) is 5.36. The summed E-state index contributed by atoms with van der Waals surface area (Å²) in [7, 11) is 1.65. The highest BCUT2D eigenvalue weighted by Gasteiger charge is 2.02. The molecule has 0 saturated heterocycles. The van der Waals surface area contributed by atoms with Crippen molar-refractivity contribution in [3.05, 3.63) is 48.3 Å². The molecule has 17 heavy (non-hydrogen) atoms. The summed E-state index contributed by atoms with van der Waals surface area (Å²) in [5.74, 6) is 0.815. The number of rotatable bonds is 4. The highest BCUT2D eigenvalue weighted by atomic mass is 16.5. The Morgan fingerprint density at radius 2 is 2.12 bits per heavy atom. The lowest BCUT2D eigenvalue weighted by Crippen LogP contribution is -2.04. The molecule has 0 radical (unpaired) electrons. The minimum absolute atomic E-state index is 0.625. The smallest absolute Gasteiger partial charge is 0.141 e. The monoisotopic (exact) mass is 229 g/mol. The summed E-state index contributed by atoms with van der Waals surface area (Å²) in [6, 6.07) is 9.56. The molecular formula is C13H15N3O. The molecule has 0 bridgehead atoms. The summed E-state index contributed by atoms with van der Waals surface area (Å²) in [5.41, 5.74) is 8.50. The fourth-order valence-electron chi connectivity index (χ4n) is 1.57. The Hall–Kier alpha value is -2.23. The van der Waals surface area contributed by atoms with Crippen molar-refractivity contribution in [2.45, 2.75) is 6.54 Å². The van der Waals surface area contributed by atoms with Gasteiger partial charge >= 0.3 is 0 Å². The van der Waals surface area contributed by atoms with Gasteiger partial charge in [-0.3, -0.25) is 4.98 Å². The van der Waals surface area contributed by atoms with E-state index < -0.39 is 0 Å². The van der Waals surface area contributed by atoms with Crippen LogP contribution >= 0.6 is 0 Å². The maximum atomic E-state index is 5.84. The number of para-hydroxylation sites is 2. The van der Waals surface area contributed by atoms with E-state index in [0.29, 0.717) is 6.54 Å². The first-order valence-electron chi connectivity index (χ1n) is 5.36. The third-order valence-electron chi connectivity index (χ3n) is 2.52. The van der Waals surface area contributed by atoms with Crippen molar-refractivity contribution in [1.29, 1.82) is 0 Å². The molecule has 4 nitrogen and oxygen atoms in total. The summed E-state index contributed by atoms with van der Waals surface area (Å²) >= 11 is 0. The highest BCUT2D eigenvalue weighted by Crippen LogP contribution is 2.24. The predicted molar refractivity (Wildman–Crippen MR) is 69.0 cm³/mol. The second-order valence-corrected chi connectivity index (χ2v) is 3.63. The van der Waals surface area contributed by atoms with Crippen LogP contribution in [0.4, 0.5) is 11.4 Å². The van der Waals surface area contributed by atoms with Crippen LogP contribution in [0.25, 0.3) is 0 Å². The van der Waals surface area contributed by atoms with Gasteiger partial charge in [0.25, 0.3) is 0 Å². The van der Waals surface area contributed by atoms with E-state index in [9.17, 15) is 0 Å². The molecule has 2 rings (SSSR count). The largest absolute Gasteiger partial charge is 0.495 e. The van der Waals surface area contributed by atoms with Crippen LogP contribution in [0.2, 0.25) is 0 Å². The topological polar surface area (TPSA) is 60.2 Å². The number of hydrogen-bond donors (Lipinski definition) is 2. The van der Waals surface area contributed by atoms with Crippen molar-refractivity contribution in [3.63, 3.8) is 0 Å². The molecule has 0 atom stereocenters. The average Bonchev–Trinajstić information content (AvgIpc) is 2.38. The van der Waals surface area contributed by atoms with E-state index in [1.807, 2.05) is 24.3 Å². The number of methoxy groups -OCH3 is 1. The second-order valence-electron chi connectivity index (χ2n) is 3.63. The fraction of sp³-hybridized carbons (Fsp3) is 0.154. The minimum Gasteiger partial charge on any atom is -0.495 e. The minimum atomic E-state index is 0.625. The number of ether oxygens (including phenoxy) is 1. The lowest BCUT2D eigenvalue weighted by molar-refractivity contribution is 0.416. The summed E-state index contributed by atoms with van der Waals surface area (Å²) in [6.07, 6.45) is 3.44. The van der Waals surface area contributed by atoms with E-state index in [4.69, 9.17) is 10.5 Å². The molecule has 0 amide bonds. The van der Waals surface area contributed by atoms with Gasteiger partial charge in [0, 0.05) is 30.2 Å². The van der Waals surface area contributed by atoms with Crippen LogP contribution in [-0.4, -0.2) is 12.1 Å². The van der Waals surface area contributed by atoms with Crippen molar-refractivity contribution in [2.24, 2.45) is 0 Å². The Morgan fingerprint density at radius 3 is 2.88 bits per heavy atom. The maximum absolute atomic E-state index is 5.84. The van der Waals surface area contributed by atoms with Crippen LogP contribution in [0, 0.1) is 0 Å². The highest BCUT2D eigenvalue weighted by molar-refractivity contribution is 5.57. The Bertz CT molecular complexity index is 500. The molecule has 0 unspecified atom stereocenters. The third kappa shape index (κ3) is 2.66. The van der Waals surface area contributed by atoms with E-state index in [1.54, 1.807) is 25.6 Å². The van der Waals surface area contributed by atoms with Crippen molar-refractivity contribution in [2.75, 3.05) is 18.2 Å². The Labute approximate surface area is 100 Å². The number of pyridine rings is 1. The Balaban J connectivity index is 2.10. The fourth-order valence-corrected chi connectivity index (χ4v) is 1.57. The van der Waals surface area contributed by atoms with Gasteiger partial charge in [-0.05, 0) is 18.2 Å². The summed E-state index contributed by atoms with van der Waals surface area (Å²) < 4.78 is 5.25. The summed E-state index contributed by atoms with van der Waals surface area (Å²) in [6.45, 7) is 0.625. The zero-order valence-corrected chi connectivity index (χ0v) is 9.68. The van der Waals surface area contributed by atoms with Crippen LogP contribution in [0.5, 0.6) is 5.75 Å². The van der Waals surface area contributed by atoms with Gasteiger partial charge in [-0.1, -0.05) is 12.1 Å². The van der Waals surface area contributed by atoms with Gasteiger partial charge in [-0.15, -0.1) is 0 Å². The van der Waals surface area contributed by atoms with E-state index in [2.05, 4.69) is 10.3 Å². The molecule has 1 heterocycles. The molecule has 0 aliphatic carbocycles. The number of aromatic nitrogens is 1. The standard InChI is InChI=1S/C13H15N3O/c1-17-13-5-3-2-4-12(13)16-9-10-8-15-7-6-11(10)14/h2-8,16H,9H2,1H3,(H2,14,15). The quantitative estimate of drug-likeness (QED) is 0.844. The molecule has 0 aliphatic heterocycles. The lowest BCUT2D eigenvalue weighted by Gasteiger charge is -2.11. The number of anilines is 2. The molecule has 1 aromatic heterocycles. The first-order chi connectivity index (χ1) is 8.31. The Kier molecular flexibility index (Phi) is 3.45. The zero-order chi connectivity index (χ0) is 12.1. The molecule has 0 spiro atoms. The number of nitrogen functional groups attached to an aromatic ring is 1. The molecule has 0 saturated carbocycles. The number of benzene rings is 1. The number of hydrogen-bond acceptors (Lipinski definition) is 4. The predicted octanol–water partition coefficient (Wildman–Crippen LogP) is 2.28. The van der Waals surface area contributed by atoms with Crippen molar-refractivity contribution in [3.8, 4) is 5.75 Å². The van der Waals surface area contributed by atoms with Crippen molar-refractivity contribution >= 4 is 11.4 Å². The van der Waals surface area contributed by atoms with Crippen LogP contribution in [-0.2, 0) is 6.54 Å². The lowest BCUT2D eigenvalue weighted by atomic mass is 10.2.